The molecule has 0 saturated heterocycles. The zero-order chi connectivity index (χ0) is 18.7. The standard InChI is InChI=1S/C19H26N4O2S.HI/c1-19(2,3)16-11-26-17(22-16)9-21-18(20-4)23(5)10-13-6-7-14-15(8-13)25-12-24-14;/h6-8,11H,9-10,12H2,1-5H3,(H,20,21);1H. The van der Waals surface area contributed by atoms with Crippen molar-refractivity contribution in [1.29, 1.82) is 0 Å². The van der Waals surface area contributed by atoms with Crippen LogP contribution >= 0.6 is 35.3 Å². The Morgan fingerprint density at radius 2 is 2.04 bits per heavy atom. The van der Waals surface area contributed by atoms with E-state index in [0.717, 1.165) is 40.3 Å². The summed E-state index contributed by atoms with van der Waals surface area (Å²) < 4.78 is 10.8. The fourth-order valence-corrected chi connectivity index (χ4v) is 3.62. The predicted molar refractivity (Wildman–Crippen MR) is 120 cm³/mol. The van der Waals surface area contributed by atoms with Gasteiger partial charge < -0.3 is 19.7 Å². The number of halogens is 1. The van der Waals surface area contributed by atoms with Crippen LogP contribution < -0.4 is 14.8 Å². The van der Waals surface area contributed by atoms with Crippen LogP contribution in [0.3, 0.4) is 0 Å². The number of fused-ring (bicyclic) bond motifs is 1. The van der Waals surface area contributed by atoms with Crippen molar-refractivity contribution < 1.29 is 9.47 Å². The van der Waals surface area contributed by atoms with Crippen LogP contribution in [0.15, 0.2) is 28.6 Å². The Balaban J connectivity index is 0.00000261. The summed E-state index contributed by atoms with van der Waals surface area (Å²) in [6.45, 7) is 8.22. The molecule has 0 aliphatic carbocycles. The number of ether oxygens (including phenoxy) is 2. The molecular weight excluding hydrogens is 475 g/mol. The van der Waals surface area contributed by atoms with Gasteiger partial charge in [-0.25, -0.2) is 4.98 Å². The Kier molecular flexibility index (Phi) is 7.32. The fourth-order valence-electron chi connectivity index (χ4n) is 2.66. The first kappa shape index (κ1) is 21.7. The van der Waals surface area contributed by atoms with Crippen LogP contribution in [0.5, 0.6) is 11.5 Å². The van der Waals surface area contributed by atoms with E-state index in [1.54, 1.807) is 18.4 Å². The maximum absolute atomic E-state index is 5.45. The SMILES string of the molecule is CN=C(NCc1nc(C(C)(C)C)cs1)N(C)Cc1ccc2c(c1)OCO2.I. The molecule has 1 aromatic carbocycles. The average Bonchev–Trinajstić information content (AvgIpc) is 3.23. The summed E-state index contributed by atoms with van der Waals surface area (Å²) in [5, 5.41) is 6.59. The largest absolute Gasteiger partial charge is 0.454 e. The summed E-state index contributed by atoms with van der Waals surface area (Å²) in [5.74, 6) is 2.43. The van der Waals surface area contributed by atoms with Gasteiger partial charge in [0.05, 0.1) is 12.2 Å². The van der Waals surface area contributed by atoms with Crippen molar-refractivity contribution in [2.24, 2.45) is 4.99 Å². The Labute approximate surface area is 182 Å². The lowest BCUT2D eigenvalue weighted by atomic mass is 9.93. The van der Waals surface area contributed by atoms with Crippen LogP contribution in [0.2, 0.25) is 0 Å². The van der Waals surface area contributed by atoms with E-state index in [4.69, 9.17) is 14.5 Å². The van der Waals surface area contributed by atoms with Crippen LogP contribution in [0.25, 0.3) is 0 Å². The second-order valence-corrected chi connectivity index (χ2v) is 8.26. The third kappa shape index (κ3) is 5.47. The number of hydrogen-bond acceptors (Lipinski definition) is 5. The molecule has 0 bridgehead atoms. The van der Waals surface area contributed by atoms with E-state index in [1.165, 1.54) is 0 Å². The Hall–Kier alpha value is -1.55. The van der Waals surface area contributed by atoms with Crippen molar-refractivity contribution in [3.05, 3.63) is 39.8 Å². The second-order valence-electron chi connectivity index (χ2n) is 7.32. The van der Waals surface area contributed by atoms with E-state index < -0.39 is 0 Å². The van der Waals surface area contributed by atoms with Gasteiger partial charge in [-0.3, -0.25) is 4.99 Å². The molecule has 1 aliphatic heterocycles. The van der Waals surface area contributed by atoms with Gasteiger partial charge in [-0.05, 0) is 17.7 Å². The van der Waals surface area contributed by atoms with E-state index in [2.05, 4.69) is 41.4 Å². The lowest BCUT2D eigenvalue weighted by molar-refractivity contribution is 0.174. The second kappa shape index (κ2) is 9.09. The van der Waals surface area contributed by atoms with Crippen LogP contribution in [0, 0.1) is 0 Å². The lowest BCUT2D eigenvalue weighted by Gasteiger charge is -2.22. The summed E-state index contributed by atoms with van der Waals surface area (Å²) >= 11 is 1.68. The van der Waals surface area contributed by atoms with Gasteiger partial charge in [-0.1, -0.05) is 26.8 Å². The van der Waals surface area contributed by atoms with Gasteiger partial charge in [-0.15, -0.1) is 35.3 Å². The third-order valence-corrected chi connectivity index (χ3v) is 5.00. The first-order valence-corrected chi connectivity index (χ1v) is 9.50. The van der Waals surface area contributed by atoms with Crippen molar-refractivity contribution in [2.75, 3.05) is 20.9 Å². The van der Waals surface area contributed by atoms with Crippen molar-refractivity contribution in [3.63, 3.8) is 0 Å². The van der Waals surface area contributed by atoms with Gasteiger partial charge in [-0.2, -0.15) is 0 Å². The number of nitrogens with zero attached hydrogens (tertiary/aromatic N) is 3. The minimum Gasteiger partial charge on any atom is -0.454 e. The molecule has 0 spiro atoms. The van der Waals surface area contributed by atoms with E-state index in [1.807, 2.05) is 25.2 Å². The highest BCUT2D eigenvalue weighted by Crippen LogP contribution is 2.32. The smallest absolute Gasteiger partial charge is 0.231 e. The number of thiazole rings is 1. The molecule has 0 radical (unpaired) electrons. The fraction of sp³-hybridized carbons (Fsp3) is 0.474. The molecule has 2 aromatic rings. The molecule has 1 N–H and O–H groups in total. The normalized spacial score (nSPS) is 13.3. The minimum atomic E-state index is 0. The van der Waals surface area contributed by atoms with Gasteiger partial charge in [0.15, 0.2) is 17.5 Å². The predicted octanol–water partition coefficient (Wildman–Crippen LogP) is 3.99. The van der Waals surface area contributed by atoms with E-state index in [-0.39, 0.29) is 29.4 Å². The van der Waals surface area contributed by atoms with Gasteiger partial charge >= 0.3 is 0 Å². The molecule has 0 atom stereocenters. The number of rotatable bonds is 4. The number of nitrogens with one attached hydrogen (secondary N) is 1. The number of aromatic nitrogens is 1. The molecule has 1 aliphatic rings. The molecule has 2 heterocycles. The molecular formula is C19H27IN4O2S. The van der Waals surface area contributed by atoms with Crippen LogP contribution in [0.4, 0.5) is 0 Å². The maximum atomic E-state index is 5.45. The Bertz CT molecular complexity index is 801. The molecule has 27 heavy (non-hydrogen) atoms. The molecule has 0 unspecified atom stereocenters. The molecule has 0 amide bonds. The third-order valence-electron chi connectivity index (χ3n) is 4.15. The summed E-state index contributed by atoms with van der Waals surface area (Å²) in [6.07, 6.45) is 0. The van der Waals surface area contributed by atoms with Crippen LogP contribution in [-0.4, -0.2) is 36.7 Å². The molecule has 6 nitrogen and oxygen atoms in total. The topological polar surface area (TPSA) is 59.0 Å². The number of hydrogen-bond donors (Lipinski definition) is 1. The zero-order valence-corrected chi connectivity index (χ0v) is 19.6. The molecule has 148 valence electrons. The van der Waals surface area contributed by atoms with Crippen LogP contribution in [0.1, 0.15) is 37.0 Å². The minimum absolute atomic E-state index is 0. The quantitative estimate of drug-likeness (QED) is 0.389. The van der Waals surface area contributed by atoms with Gasteiger partial charge in [0.2, 0.25) is 6.79 Å². The zero-order valence-electron chi connectivity index (χ0n) is 16.4. The first-order chi connectivity index (χ1) is 12.4. The highest BCUT2D eigenvalue weighted by molar-refractivity contribution is 14.0. The van der Waals surface area contributed by atoms with E-state index in [0.29, 0.717) is 13.3 Å². The number of benzene rings is 1. The molecule has 3 rings (SSSR count). The van der Waals surface area contributed by atoms with E-state index in [9.17, 15) is 0 Å². The highest BCUT2D eigenvalue weighted by atomic mass is 127. The molecule has 1 aromatic heterocycles. The van der Waals surface area contributed by atoms with Gasteiger partial charge in [0.25, 0.3) is 0 Å². The summed E-state index contributed by atoms with van der Waals surface area (Å²) in [7, 11) is 3.81. The summed E-state index contributed by atoms with van der Waals surface area (Å²) in [5.41, 5.74) is 2.35. The van der Waals surface area contributed by atoms with E-state index >= 15 is 0 Å². The average molecular weight is 502 g/mol. The molecule has 0 fully saturated rings. The monoisotopic (exact) mass is 502 g/mol. The van der Waals surface area contributed by atoms with Gasteiger partial charge in [0, 0.05) is 31.4 Å². The summed E-state index contributed by atoms with van der Waals surface area (Å²) in [6, 6.07) is 6.02. The first-order valence-electron chi connectivity index (χ1n) is 8.62. The number of guanidine groups is 1. The Morgan fingerprint density at radius 1 is 1.30 bits per heavy atom. The number of aliphatic imine (C=N–C) groups is 1. The Morgan fingerprint density at radius 3 is 2.70 bits per heavy atom. The molecule has 0 saturated carbocycles. The summed E-state index contributed by atoms with van der Waals surface area (Å²) in [4.78, 5) is 11.2. The van der Waals surface area contributed by atoms with Crippen molar-refractivity contribution in [1.82, 2.24) is 15.2 Å². The maximum Gasteiger partial charge on any atom is 0.231 e. The van der Waals surface area contributed by atoms with Gasteiger partial charge in [0.1, 0.15) is 5.01 Å². The van der Waals surface area contributed by atoms with Crippen LogP contribution in [-0.2, 0) is 18.5 Å². The van der Waals surface area contributed by atoms with Crippen molar-refractivity contribution in [3.8, 4) is 11.5 Å². The van der Waals surface area contributed by atoms with Crippen molar-refractivity contribution in [2.45, 2.75) is 39.3 Å². The highest BCUT2D eigenvalue weighted by Gasteiger charge is 2.18. The van der Waals surface area contributed by atoms with Crippen molar-refractivity contribution >= 4 is 41.3 Å². The lowest BCUT2D eigenvalue weighted by Crippen LogP contribution is -2.38. The molecule has 8 heteroatoms.